The first-order valence-electron chi connectivity index (χ1n) is 6.93. The molecule has 2 aromatic rings. The second kappa shape index (κ2) is 6.32. The number of anilines is 1. The topological polar surface area (TPSA) is 45.0 Å². The van der Waals surface area contributed by atoms with Gasteiger partial charge in [-0.3, -0.25) is 0 Å². The van der Waals surface area contributed by atoms with E-state index in [0.29, 0.717) is 0 Å². The molecule has 0 aliphatic heterocycles. The van der Waals surface area contributed by atoms with Crippen molar-refractivity contribution < 1.29 is 4.74 Å². The van der Waals surface area contributed by atoms with Crippen molar-refractivity contribution in [1.29, 1.82) is 5.26 Å². The lowest BCUT2D eigenvalue weighted by atomic mass is 9.96. The molecule has 0 radical (unpaired) electrons. The van der Waals surface area contributed by atoms with E-state index in [9.17, 15) is 5.26 Å². The Morgan fingerprint density at radius 1 is 1.00 bits per heavy atom. The Labute approximate surface area is 126 Å². The lowest BCUT2D eigenvalue weighted by Gasteiger charge is -2.17. The van der Waals surface area contributed by atoms with Crippen molar-refractivity contribution >= 4 is 5.69 Å². The van der Waals surface area contributed by atoms with E-state index >= 15 is 0 Å². The van der Waals surface area contributed by atoms with E-state index in [2.05, 4.69) is 37.4 Å². The number of rotatable bonds is 4. The van der Waals surface area contributed by atoms with Crippen molar-refractivity contribution in [3.63, 3.8) is 0 Å². The molecule has 1 unspecified atom stereocenters. The molecule has 108 valence electrons. The molecule has 3 nitrogen and oxygen atoms in total. The van der Waals surface area contributed by atoms with Crippen molar-refractivity contribution in [3.8, 4) is 11.8 Å². The molecule has 0 bridgehead atoms. The Hall–Kier alpha value is -2.47. The van der Waals surface area contributed by atoms with Crippen LogP contribution in [0.25, 0.3) is 0 Å². The number of ether oxygens (including phenoxy) is 1. The number of aryl methyl sites for hydroxylation is 3. The molecule has 0 aromatic heterocycles. The molecule has 1 N–H and O–H groups in total. The zero-order chi connectivity index (χ0) is 15.4. The van der Waals surface area contributed by atoms with Crippen LogP contribution in [0.15, 0.2) is 36.4 Å². The lowest BCUT2D eigenvalue weighted by molar-refractivity contribution is 0.415. The van der Waals surface area contributed by atoms with Crippen LogP contribution in [-0.4, -0.2) is 7.11 Å². The number of nitrogens with zero attached hydrogens (tertiary/aromatic N) is 1. The van der Waals surface area contributed by atoms with Crippen LogP contribution < -0.4 is 10.1 Å². The Kier molecular flexibility index (Phi) is 4.49. The number of hydrogen-bond acceptors (Lipinski definition) is 3. The first-order chi connectivity index (χ1) is 10.0. The third kappa shape index (κ3) is 3.35. The largest absolute Gasteiger partial charge is 0.497 e. The summed E-state index contributed by atoms with van der Waals surface area (Å²) >= 11 is 0. The van der Waals surface area contributed by atoms with E-state index in [1.165, 1.54) is 11.1 Å². The molecule has 0 heterocycles. The fourth-order valence-electron chi connectivity index (χ4n) is 2.33. The van der Waals surface area contributed by atoms with Crippen LogP contribution >= 0.6 is 0 Å². The van der Waals surface area contributed by atoms with E-state index in [0.717, 1.165) is 22.6 Å². The molecule has 0 spiro atoms. The molecule has 2 aromatic carbocycles. The van der Waals surface area contributed by atoms with Gasteiger partial charge in [0.25, 0.3) is 0 Å². The first-order valence-corrected chi connectivity index (χ1v) is 6.93. The normalized spacial score (nSPS) is 11.6. The van der Waals surface area contributed by atoms with Gasteiger partial charge in [-0.25, -0.2) is 0 Å². The minimum atomic E-state index is -0.363. The smallest absolute Gasteiger partial charge is 0.140 e. The van der Waals surface area contributed by atoms with Crippen molar-refractivity contribution in [2.24, 2.45) is 0 Å². The SMILES string of the molecule is COc1ccc(NC(C#N)c2cc(C)c(C)cc2C)cc1. The highest BCUT2D eigenvalue weighted by Crippen LogP contribution is 2.25. The van der Waals surface area contributed by atoms with E-state index in [1.54, 1.807) is 7.11 Å². The summed E-state index contributed by atoms with van der Waals surface area (Å²) in [7, 11) is 1.64. The van der Waals surface area contributed by atoms with Gasteiger partial charge in [0.2, 0.25) is 0 Å². The third-order valence-electron chi connectivity index (χ3n) is 3.72. The van der Waals surface area contributed by atoms with Gasteiger partial charge < -0.3 is 10.1 Å². The summed E-state index contributed by atoms with van der Waals surface area (Å²) < 4.78 is 5.14. The zero-order valence-electron chi connectivity index (χ0n) is 12.9. The Morgan fingerprint density at radius 2 is 1.62 bits per heavy atom. The number of nitrogens with one attached hydrogen (secondary N) is 1. The van der Waals surface area contributed by atoms with Gasteiger partial charge in [0, 0.05) is 5.69 Å². The summed E-state index contributed by atoms with van der Waals surface area (Å²) in [6.45, 7) is 6.20. The molecule has 1 atom stereocenters. The van der Waals surface area contributed by atoms with Crippen molar-refractivity contribution in [2.75, 3.05) is 12.4 Å². The zero-order valence-corrected chi connectivity index (χ0v) is 12.9. The minimum Gasteiger partial charge on any atom is -0.497 e. The Morgan fingerprint density at radius 3 is 2.19 bits per heavy atom. The van der Waals surface area contributed by atoms with Crippen LogP contribution in [0.1, 0.15) is 28.3 Å². The van der Waals surface area contributed by atoms with Gasteiger partial charge in [-0.05, 0) is 67.3 Å². The maximum atomic E-state index is 9.49. The van der Waals surface area contributed by atoms with Crippen LogP contribution in [-0.2, 0) is 0 Å². The predicted octanol–water partition coefficient (Wildman–Crippen LogP) is 4.30. The number of hydrogen-bond donors (Lipinski definition) is 1. The Balaban J connectivity index is 2.28. The van der Waals surface area contributed by atoms with Crippen molar-refractivity contribution in [3.05, 3.63) is 58.7 Å². The van der Waals surface area contributed by atoms with Gasteiger partial charge >= 0.3 is 0 Å². The third-order valence-corrected chi connectivity index (χ3v) is 3.72. The lowest BCUT2D eigenvalue weighted by Crippen LogP contribution is -2.10. The van der Waals surface area contributed by atoms with Gasteiger partial charge in [0.05, 0.1) is 13.2 Å². The van der Waals surface area contributed by atoms with Crippen LogP contribution in [0.2, 0.25) is 0 Å². The molecular formula is C18H20N2O. The molecule has 0 aliphatic rings. The average Bonchev–Trinajstić information content (AvgIpc) is 2.49. The second-order valence-corrected chi connectivity index (χ2v) is 5.23. The first kappa shape index (κ1) is 14.9. The minimum absolute atomic E-state index is 0.363. The van der Waals surface area contributed by atoms with E-state index in [4.69, 9.17) is 4.74 Å². The van der Waals surface area contributed by atoms with Crippen molar-refractivity contribution in [2.45, 2.75) is 26.8 Å². The predicted molar refractivity (Wildman–Crippen MR) is 85.6 cm³/mol. The summed E-state index contributed by atoms with van der Waals surface area (Å²) in [5, 5.41) is 12.8. The van der Waals surface area contributed by atoms with Crippen LogP contribution in [0, 0.1) is 32.1 Å². The maximum Gasteiger partial charge on any atom is 0.140 e. The highest BCUT2D eigenvalue weighted by molar-refractivity contribution is 5.51. The molecule has 2 rings (SSSR count). The highest BCUT2D eigenvalue weighted by atomic mass is 16.5. The maximum absolute atomic E-state index is 9.49. The molecule has 21 heavy (non-hydrogen) atoms. The number of nitriles is 1. The molecule has 0 saturated heterocycles. The van der Waals surface area contributed by atoms with E-state index in [-0.39, 0.29) is 6.04 Å². The molecule has 3 heteroatoms. The van der Waals surface area contributed by atoms with Gasteiger partial charge in [0.1, 0.15) is 11.8 Å². The fraction of sp³-hybridized carbons (Fsp3) is 0.278. The molecule has 0 fully saturated rings. The molecule has 0 aliphatic carbocycles. The quantitative estimate of drug-likeness (QED) is 0.908. The molecular weight excluding hydrogens is 260 g/mol. The molecule has 0 saturated carbocycles. The fourth-order valence-corrected chi connectivity index (χ4v) is 2.33. The summed E-state index contributed by atoms with van der Waals surface area (Å²) in [6, 6.07) is 13.8. The summed E-state index contributed by atoms with van der Waals surface area (Å²) in [5.74, 6) is 0.802. The van der Waals surface area contributed by atoms with Gasteiger partial charge in [-0.2, -0.15) is 5.26 Å². The van der Waals surface area contributed by atoms with Gasteiger partial charge in [0.15, 0.2) is 0 Å². The number of methoxy groups -OCH3 is 1. The van der Waals surface area contributed by atoms with Crippen molar-refractivity contribution in [1.82, 2.24) is 0 Å². The van der Waals surface area contributed by atoms with Crippen LogP contribution in [0.5, 0.6) is 5.75 Å². The van der Waals surface area contributed by atoms with E-state index in [1.807, 2.05) is 31.2 Å². The van der Waals surface area contributed by atoms with Crippen LogP contribution in [0.4, 0.5) is 5.69 Å². The van der Waals surface area contributed by atoms with Gasteiger partial charge in [-0.15, -0.1) is 0 Å². The Bertz CT molecular complexity index is 669. The summed E-state index contributed by atoms with van der Waals surface area (Å²) in [4.78, 5) is 0. The van der Waals surface area contributed by atoms with Crippen LogP contribution in [0.3, 0.4) is 0 Å². The average molecular weight is 280 g/mol. The summed E-state index contributed by atoms with van der Waals surface area (Å²) in [5.41, 5.74) is 5.51. The van der Waals surface area contributed by atoms with Gasteiger partial charge in [-0.1, -0.05) is 12.1 Å². The van der Waals surface area contributed by atoms with E-state index < -0.39 is 0 Å². The second-order valence-electron chi connectivity index (χ2n) is 5.23. The highest BCUT2D eigenvalue weighted by Gasteiger charge is 2.14. The monoisotopic (exact) mass is 280 g/mol. The molecule has 0 amide bonds. The summed E-state index contributed by atoms with van der Waals surface area (Å²) in [6.07, 6.45) is 0. The standard InChI is InChI=1S/C18H20N2O/c1-12-9-14(3)17(10-13(12)2)18(11-19)20-15-5-7-16(21-4)8-6-15/h5-10,18,20H,1-4H3. The number of benzene rings is 2.